The van der Waals surface area contributed by atoms with Gasteiger partial charge >= 0.3 is 0 Å². The monoisotopic (exact) mass is 379 g/mol. The number of aryl methyl sites for hydroxylation is 1. The van der Waals surface area contributed by atoms with Gasteiger partial charge in [0.2, 0.25) is 10.0 Å². The minimum absolute atomic E-state index is 0.165. The molecule has 22 heavy (non-hydrogen) atoms. The maximum absolute atomic E-state index is 12.7. The van der Waals surface area contributed by atoms with Crippen molar-refractivity contribution < 1.29 is 8.42 Å². The zero-order valence-electron chi connectivity index (χ0n) is 12.3. The van der Waals surface area contributed by atoms with Crippen molar-refractivity contribution in [1.82, 2.24) is 4.72 Å². The molecule has 0 aromatic heterocycles. The van der Waals surface area contributed by atoms with Crippen molar-refractivity contribution in [3.63, 3.8) is 0 Å². The van der Waals surface area contributed by atoms with E-state index in [4.69, 9.17) is 0 Å². The van der Waals surface area contributed by atoms with E-state index in [1.807, 2.05) is 43.3 Å². The summed E-state index contributed by atoms with van der Waals surface area (Å²) >= 11 is 3.46. The third-order valence-corrected chi connectivity index (χ3v) is 6.06. The van der Waals surface area contributed by atoms with Crippen LogP contribution in [-0.4, -0.2) is 8.42 Å². The Kier molecular flexibility index (Phi) is 4.39. The highest BCUT2D eigenvalue weighted by Crippen LogP contribution is 2.42. The second-order valence-electron chi connectivity index (χ2n) is 5.76. The Morgan fingerprint density at radius 3 is 2.50 bits per heavy atom. The molecule has 0 spiro atoms. The van der Waals surface area contributed by atoms with Crippen LogP contribution in [0, 0.1) is 12.8 Å². The lowest BCUT2D eigenvalue weighted by Gasteiger charge is -2.20. The van der Waals surface area contributed by atoms with Crippen LogP contribution in [-0.2, 0) is 10.0 Å². The minimum Gasteiger partial charge on any atom is -0.207 e. The summed E-state index contributed by atoms with van der Waals surface area (Å²) in [6, 6.07) is 14.8. The van der Waals surface area contributed by atoms with Crippen molar-refractivity contribution in [3.8, 4) is 0 Å². The van der Waals surface area contributed by atoms with Crippen molar-refractivity contribution in [1.29, 1.82) is 0 Å². The average Bonchev–Trinajstić information content (AvgIpc) is 3.29. The second-order valence-corrected chi connectivity index (χ2v) is 8.35. The Morgan fingerprint density at radius 1 is 1.14 bits per heavy atom. The standard InChI is InChI=1S/C17H18BrNO2S/c1-12-5-2-3-8-16(12)22(20,21)19-17(13-9-10-13)14-6-4-7-15(18)11-14/h2-8,11,13,17,19H,9-10H2,1H3. The third kappa shape index (κ3) is 3.42. The molecule has 1 saturated carbocycles. The Balaban J connectivity index is 1.93. The van der Waals surface area contributed by atoms with Crippen LogP contribution >= 0.6 is 15.9 Å². The van der Waals surface area contributed by atoms with Crippen molar-refractivity contribution in [2.75, 3.05) is 0 Å². The van der Waals surface area contributed by atoms with Gasteiger partial charge in [-0.1, -0.05) is 46.3 Å². The number of sulfonamides is 1. The highest BCUT2D eigenvalue weighted by atomic mass is 79.9. The maximum atomic E-state index is 12.7. The number of nitrogens with one attached hydrogen (secondary N) is 1. The summed E-state index contributed by atoms with van der Waals surface area (Å²) in [5.41, 5.74) is 1.77. The molecule has 0 saturated heterocycles. The molecule has 5 heteroatoms. The Labute approximate surface area is 139 Å². The molecule has 0 aliphatic heterocycles. The summed E-state index contributed by atoms with van der Waals surface area (Å²) in [5.74, 6) is 0.382. The molecule has 1 fully saturated rings. The fraction of sp³-hybridized carbons (Fsp3) is 0.294. The normalized spacial score (nSPS) is 16.5. The first-order valence-corrected chi connectivity index (χ1v) is 9.58. The molecule has 1 unspecified atom stereocenters. The molecule has 1 aliphatic rings. The Morgan fingerprint density at radius 2 is 1.86 bits per heavy atom. The second kappa shape index (κ2) is 6.14. The van der Waals surface area contributed by atoms with Crippen molar-refractivity contribution >= 4 is 26.0 Å². The van der Waals surface area contributed by atoms with Gasteiger partial charge in [0.15, 0.2) is 0 Å². The van der Waals surface area contributed by atoms with Crippen LogP contribution in [0.25, 0.3) is 0 Å². The van der Waals surface area contributed by atoms with Gasteiger partial charge in [0.05, 0.1) is 4.90 Å². The van der Waals surface area contributed by atoms with Crippen LogP contribution in [0.2, 0.25) is 0 Å². The molecule has 0 heterocycles. The van der Waals surface area contributed by atoms with Crippen LogP contribution in [0.15, 0.2) is 57.9 Å². The van der Waals surface area contributed by atoms with Crippen LogP contribution in [0.4, 0.5) is 0 Å². The average molecular weight is 380 g/mol. The first-order valence-electron chi connectivity index (χ1n) is 7.31. The summed E-state index contributed by atoms with van der Waals surface area (Å²) in [5, 5.41) is 0. The van der Waals surface area contributed by atoms with Crippen LogP contribution < -0.4 is 4.72 Å². The topological polar surface area (TPSA) is 46.2 Å². The van der Waals surface area contributed by atoms with Gasteiger partial charge in [0.1, 0.15) is 0 Å². The van der Waals surface area contributed by atoms with Crippen LogP contribution in [0.3, 0.4) is 0 Å². The maximum Gasteiger partial charge on any atom is 0.241 e. The lowest BCUT2D eigenvalue weighted by Crippen LogP contribution is -2.30. The number of halogens is 1. The van der Waals surface area contributed by atoms with Crippen molar-refractivity contribution in [3.05, 3.63) is 64.1 Å². The highest BCUT2D eigenvalue weighted by Gasteiger charge is 2.35. The van der Waals surface area contributed by atoms with Gasteiger partial charge in [-0.2, -0.15) is 0 Å². The fourth-order valence-corrected chi connectivity index (χ4v) is 4.61. The molecule has 2 aromatic rings. The van der Waals surface area contributed by atoms with Crippen molar-refractivity contribution in [2.24, 2.45) is 5.92 Å². The molecule has 0 bridgehead atoms. The van der Waals surface area contributed by atoms with E-state index < -0.39 is 10.0 Å². The summed E-state index contributed by atoms with van der Waals surface area (Å²) in [7, 11) is -3.52. The number of benzene rings is 2. The quantitative estimate of drug-likeness (QED) is 0.846. The van der Waals surface area contributed by atoms with Gasteiger partial charge in [-0.05, 0) is 55.0 Å². The third-order valence-electron chi connectivity index (χ3n) is 3.97. The molecule has 1 N–H and O–H groups in total. The highest BCUT2D eigenvalue weighted by molar-refractivity contribution is 9.10. The SMILES string of the molecule is Cc1ccccc1S(=O)(=O)NC(c1cccc(Br)c1)C1CC1. The molecule has 1 aliphatic carbocycles. The van der Waals surface area contributed by atoms with E-state index in [-0.39, 0.29) is 6.04 Å². The van der Waals surface area contributed by atoms with Crippen LogP contribution in [0.1, 0.15) is 30.0 Å². The van der Waals surface area contributed by atoms with Gasteiger partial charge in [-0.3, -0.25) is 0 Å². The van der Waals surface area contributed by atoms with Crippen molar-refractivity contribution in [2.45, 2.75) is 30.7 Å². The first-order chi connectivity index (χ1) is 10.5. The summed E-state index contributed by atoms with van der Waals surface area (Å²) in [4.78, 5) is 0.357. The molecular weight excluding hydrogens is 362 g/mol. The van der Waals surface area contributed by atoms with Gasteiger partial charge in [0, 0.05) is 10.5 Å². The summed E-state index contributed by atoms with van der Waals surface area (Å²) < 4.78 is 29.3. The zero-order chi connectivity index (χ0) is 15.7. The Bertz CT molecular complexity index is 785. The van der Waals surface area contributed by atoms with Gasteiger partial charge in [-0.15, -0.1) is 0 Å². The Hall–Kier alpha value is -1.17. The zero-order valence-corrected chi connectivity index (χ0v) is 14.7. The van der Waals surface area contributed by atoms with Gasteiger partial charge in [0.25, 0.3) is 0 Å². The molecule has 2 aromatic carbocycles. The first kappa shape index (κ1) is 15.7. The minimum atomic E-state index is -3.52. The van der Waals surface area contributed by atoms with E-state index in [9.17, 15) is 8.42 Å². The fourth-order valence-electron chi connectivity index (χ4n) is 2.65. The van der Waals surface area contributed by atoms with E-state index in [1.165, 1.54) is 0 Å². The number of hydrogen-bond acceptors (Lipinski definition) is 2. The number of hydrogen-bond donors (Lipinski definition) is 1. The molecule has 116 valence electrons. The largest absolute Gasteiger partial charge is 0.241 e. The summed E-state index contributed by atoms with van der Waals surface area (Å²) in [6.45, 7) is 1.82. The van der Waals surface area contributed by atoms with E-state index in [0.29, 0.717) is 10.8 Å². The van der Waals surface area contributed by atoms with E-state index in [0.717, 1.165) is 28.4 Å². The van der Waals surface area contributed by atoms with Gasteiger partial charge < -0.3 is 0 Å². The molecule has 0 amide bonds. The molecule has 3 nitrogen and oxygen atoms in total. The van der Waals surface area contributed by atoms with E-state index >= 15 is 0 Å². The molecule has 0 radical (unpaired) electrons. The van der Waals surface area contributed by atoms with Crippen LogP contribution in [0.5, 0.6) is 0 Å². The molecular formula is C17H18BrNO2S. The smallest absolute Gasteiger partial charge is 0.207 e. The predicted molar refractivity (Wildman–Crippen MR) is 91.1 cm³/mol. The van der Waals surface area contributed by atoms with E-state index in [1.54, 1.807) is 12.1 Å². The van der Waals surface area contributed by atoms with E-state index in [2.05, 4.69) is 20.7 Å². The lowest BCUT2D eigenvalue weighted by molar-refractivity contribution is 0.528. The molecule has 1 atom stereocenters. The number of rotatable bonds is 5. The van der Waals surface area contributed by atoms with Gasteiger partial charge in [-0.25, -0.2) is 13.1 Å². The molecule has 3 rings (SSSR count). The lowest BCUT2D eigenvalue weighted by atomic mass is 10.0. The predicted octanol–water partition coefficient (Wildman–Crippen LogP) is 4.19. The summed E-state index contributed by atoms with van der Waals surface area (Å²) in [6.07, 6.45) is 2.13.